The Balaban J connectivity index is 0.00000112. The van der Waals surface area contributed by atoms with E-state index < -0.39 is 0 Å². The van der Waals surface area contributed by atoms with E-state index in [1.54, 1.807) is 12.4 Å². The van der Waals surface area contributed by atoms with Crippen LogP contribution >= 0.6 is 24.0 Å². The van der Waals surface area contributed by atoms with Gasteiger partial charge in [0.15, 0.2) is 0 Å². The molecule has 3 nitrogen and oxygen atoms in total. The van der Waals surface area contributed by atoms with E-state index in [4.69, 9.17) is 11.6 Å². The van der Waals surface area contributed by atoms with Gasteiger partial charge in [0, 0.05) is 12.4 Å². The van der Waals surface area contributed by atoms with Gasteiger partial charge in [-0.15, -0.1) is 12.4 Å². The fourth-order valence-corrected chi connectivity index (χ4v) is 2.03. The van der Waals surface area contributed by atoms with Gasteiger partial charge in [0.1, 0.15) is 5.15 Å². The lowest BCUT2D eigenvalue weighted by Crippen LogP contribution is -2.28. The number of piperidine rings is 1. The molecule has 1 fully saturated rings. The lowest BCUT2D eigenvalue weighted by atomic mass is 9.93. The van der Waals surface area contributed by atoms with Crippen molar-refractivity contribution in [3.05, 3.63) is 23.2 Å². The molecule has 15 heavy (non-hydrogen) atoms. The molecule has 2 heterocycles. The normalized spacial score (nSPS) is 17.1. The molecule has 0 spiro atoms. The average molecular weight is 248 g/mol. The minimum atomic E-state index is 0. The summed E-state index contributed by atoms with van der Waals surface area (Å²) in [5.74, 6) is 0.713. The van der Waals surface area contributed by atoms with Crippen LogP contribution in [0, 0.1) is 5.92 Å². The third kappa shape index (κ3) is 3.59. The van der Waals surface area contributed by atoms with Gasteiger partial charge in [0.05, 0.1) is 5.69 Å². The van der Waals surface area contributed by atoms with Crippen LogP contribution in [0.2, 0.25) is 5.15 Å². The SMILES string of the molecule is Cl.Clc1nccnc1CC1CCNCC1. The molecule has 1 aromatic rings. The van der Waals surface area contributed by atoms with E-state index in [0.717, 1.165) is 25.2 Å². The Labute approximate surface area is 101 Å². The molecule has 0 amide bonds. The number of nitrogens with one attached hydrogen (secondary N) is 1. The highest BCUT2D eigenvalue weighted by Gasteiger charge is 2.15. The molecule has 0 unspecified atom stereocenters. The van der Waals surface area contributed by atoms with Crippen LogP contribution in [0.1, 0.15) is 18.5 Å². The Morgan fingerprint density at radius 1 is 1.27 bits per heavy atom. The summed E-state index contributed by atoms with van der Waals surface area (Å²) in [7, 11) is 0. The third-order valence-corrected chi connectivity index (χ3v) is 2.98. The molecule has 1 saturated heterocycles. The Morgan fingerprint density at radius 3 is 2.60 bits per heavy atom. The number of hydrogen-bond donors (Lipinski definition) is 1. The average Bonchev–Trinajstić information content (AvgIpc) is 2.23. The van der Waals surface area contributed by atoms with Crippen LogP contribution in [0.5, 0.6) is 0 Å². The second kappa shape index (κ2) is 6.26. The zero-order chi connectivity index (χ0) is 9.80. The summed E-state index contributed by atoms with van der Waals surface area (Å²) in [6, 6.07) is 0. The summed E-state index contributed by atoms with van der Waals surface area (Å²) in [6.45, 7) is 2.23. The number of aromatic nitrogens is 2. The van der Waals surface area contributed by atoms with Gasteiger partial charge in [0.25, 0.3) is 0 Å². The van der Waals surface area contributed by atoms with Crippen LogP contribution in [-0.2, 0) is 6.42 Å². The summed E-state index contributed by atoms with van der Waals surface area (Å²) < 4.78 is 0. The van der Waals surface area contributed by atoms with E-state index in [2.05, 4.69) is 15.3 Å². The quantitative estimate of drug-likeness (QED) is 0.870. The predicted octanol–water partition coefficient (Wildman–Crippen LogP) is 2.09. The largest absolute Gasteiger partial charge is 0.317 e. The molecule has 1 aromatic heterocycles. The summed E-state index contributed by atoms with van der Waals surface area (Å²) in [5, 5.41) is 3.91. The molecule has 0 aromatic carbocycles. The first kappa shape index (κ1) is 12.7. The molecule has 1 aliphatic heterocycles. The van der Waals surface area contributed by atoms with E-state index in [9.17, 15) is 0 Å². The van der Waals surface area contributed by atoms with Gasteiger partial charge in [-0.1, -0.05) is 11.6 Å². The number of rotatable bonds is 2. The van der Waals surface area contributed by atoms with Gasteiger partial charge in [0.2, 0.25) is 0 Å². The molecule has 0 saturated carbocycles. The van der Waals surface area contributed by atoms with Crippen LogP contribution in [-0.4, -0.2) is 23.1 Å². The van der Waals surface area contributed by atoms with E-state index in [1.165, 1.54) is 12.8 Å². The zero-order valence-corrected chi connectivity index (χ0v) is 10.0. The van der Waals surface area contributed by atoms with Crippen molar-refractivity contribution >= 4 is 24.0 Å². The molecule has 84 valence electrons. The minimum absolute atomic E-state index is 0. The van der Waals surface area contributed by atoms with Crippen molar-refractivity contribution < 1.29 is 0 Å². The van der Waals surface area contributed by atoms with E-state index in [-0.39, 0.29) is 12.4 Å². The highest BCUT2D eigenvalue weighted by atomic mass is 35.5. The van der Waals surface area contributed by atoms with Crippen molar-refractivity contribution in [1.82, 2.24) is 15.3 Å². The second-order valence-corrected chi connectivity index (χ2v) is 4.05. The van der Waals surface area contributed by atoms with Gasteiger partial charge in [-0.05, 0) is 38.3 Å². The van der Waals surface area contributed by atoms with Crippen LogP contribution < -0.4 is 5.32 Å². The lowest BCUT2D eigenvalue weighted by Gasteiger charge is -2.22. The van der Waals surface area contributed by atoms with Crippen LogP contribution in [0.4, 0.5) is 0 Å². The Morgan fingerprint density at radius 2 is 1.93 bits per heavy atom. The fraction of sp³-hybridized carbons (Fsp3) is 0.600. The first-order valence-corrected chi connectivity index (χ1v) is 5.40. The fourth-order valence-electron chi connectivity index (χ4n) is 1.85. The molecule has 1 aliphatic rings. The maximum absolute atomic E-state index is 5.95. The molecule has 5 heteroatoms. The summed E-state index contributed by atoms with van der Waals surface area (Å²) in [5.41, 5.74) is 0.945. The zero-order valence-electron chi connectivity index (χ0n) is 8.45. The lowest BCUT2D eigenvalue weighted by molar-refractivity contribution is 0.370. The molecule has 0 bridgehead atoms. The molecule has 2 rings (SSSR count). The van der Waals surface area contributed by atoms with Gasteiger partial charge < -0.3 is 5.32 Å². The Bertz CT molecular complexity index is 300. The maximum atomic E-state index is 5.95. The molecular formula is C10H15Cl2N3. The van der Waals surface area contributed by atoms with Crippen molar-refractivity contribution in [2.45, 2.75) is 19.3 Å². The van der Waals surface area contributed by atoms with Crippen molar-refractivity contribution in [3.63, 3.8) is 0 Å². The molecule has 1 N–H and O–H groups in total. The van der Waals surface area contributed by atoms with Crippen molar-refractivity contribution in [3.8, 4) is 0 Å². The number of halogens is 2. The number of hydrogen-bond acceptors (Lipinski definition) is 3. The van der Waals surface area contributed by atoms with Crippen molar-refractivity contribution in [2.75, 3.05) is 13.1 Å². The third-order valence-electron chi connectivity index (χ3n) is 2.66. The summed E-state index contributed by atoms with van der Waals surface area (Å²) in [4.78, 5) is 8.29. The first-order chi connectivity index (χ1) is 6.86. The monoisotopic (exact) mass is 247 g/mol. The minimum Gasteiger partial charge on any atom is -0.317 e. The summed E-state index contributed by atoms with van der Waals surface area (Å²) in [6.07, 6.45) is 6.74. The highest BCUT2D eigenvalue weighted by molar-refractivity contribution is 6.29. The summed E-state index contributed by atoms with van der Waals surface area (Å²) >= 11 is 5.95. The Kier molecular flexibility index (Phi) is 5.29. The van der Waals surface area contributed by atoms with Crippen LogP contribution in [0.25, 0.3) is 0 Å². The first-order valence-electron chi connectivity index (χ1n) is 5.02. The van der Waals surface area contributed by atoms with Crippen molar-refractivity contribution in [2.24, 2.45) is 5.92 Å². The smallest absolute Gasteiger partial charge is 0.150 e. The topological polar surface area (TPSA) is 37.8 Å². The van der Waals surface area contributed by atoms with Crippen LogP contribution in [0.15, 0.2) is 12.4 Å². The second-order valence-electron chi connectivity index (χ2n) is 3.69. The number of nitrogens with zero attached hydrogens (tertiary/aromatic N) is 2. The van der Waals surface area contributed by atoms with E-state index >= 15 is 0 Å². The van der Waals surface area contributed by atoms with E-state index in [0.29, 0.717) is 11.1 Å². The van der Waals surface area contributed by atoms with Gasteiger partial charge in [-0.25, -0.2) is 4.98 Å². The van der Waals surface area contributed by atoms with E-state index in [1.807, 2.05) is 0 Å². The van der Waals surface area contributed by atoms with Crippen molar-refractivity contribution in [1.29, 1.82) is 0 Å². The molecule has 0 aliphatic carbocycles. The highest BCUT2D eigenvalue weighted by Crippen LogP contribution is 2.19. The van der Waals surface area contributed by atoms with Gasteiger partial charge in [-0.2, -0.15) is 0 Å². The molecular weight excluding hydrogens is 233 g/mol. The molecule has 0 radical (unpaired) electrons. The Hall–Kier alpha value is -0.380. The maximum Gasteiger partial charge on any atom is 0.150 e. The van der Waals surface area contributed by atoms with Gasteiger partial charge in [-0.3, -0.25) is 4.98 Å². The standard InChI is InChI=1S/C10H14ClN3.ClH/c11-10-9(13-5-6-14-10)7-8-1-3-12-4-2-8;/h5-6,8,12H,1-4,7H2;1H. The molecule has 0 atom stereocenters. The van der Waals surface area contributed by atoms with Crippen LogP contribution in [0.3, 0.4) is 0 Å². The van der Waals surface area contributed by atoms with Gasteiger partial charge >= 0.3 is 0 Å². The predicted molar refractivity (Wildman–Crippen MR) is 63.6 cm³/mol.